The SMILES string of the molecule is O=Cc1cc(Cl)cc(Cl)c1OP. The fourth-order valence-corrected chi connectivity index (χ4v) is 1.68. The quantitative estimate of drug-likeness (QED) is 0.569. The van der Waals surface area contributed by atoms with Gasteiger partial charge in [0.15, 0.2) is 12.0 Å². The number of benzene rings is 1. The highest BCUT2D eigenvalue weighted by Gasteiger charge is 2.08. The summed E-state index contributed by atoms with van der Waals surface area (Å²) in [7, 11) is 2.02. The van der Waals surface area contributed by atoms with Gasteiger partial charge in [-0.3, -0.25) is 4.79 Å². The van der Waals surface area contributed by atoms with Crippen molar-refractivity contribution in [3.8, 4) is 5.75 Å². The average Bonchev–Trinajstić information content (AvgIpc) is 2.03. The number of carbonyl (C=O) groups excluding carboxylic acids is 1. The van der Waals surface area contributed by atoms with Crippen LogP contribution in [-0.2, 0) is 0 Å². The van der Waals surface area contributed by atoms with Crippen LogP contribution in [-0.4, -0.2) is 6.29 Å². The molecule has 0 heterocycles. The number of halogens is 2. The fourth-order valence-electron chi connectivity index (χ4n) is 0.792. The molecule has 0 aliphatic carbocycles. The number of hydrogen-bond acceptors (Lipinski definition) is 2. The summed E-state index contributed by atoms with van der Waals surface area (Å²) in [5.41, 5.74) is 0.336. The van der Waals surface area contributed by atoms with E-state index in [1.807, 2.05) is 9.47 Å². The van der Waals surface area contributed by atoms with E-state index in [0.717, 1.165) is 0 Å². The first-order chi connectivity index (χ1) is 5.69. The van der Waals surface area contributed by atoms with Crippen molar-refractivity contribution in [2.24, 2.45) is 0 Å². The van der Waals surface area contributed by atoms with E-state index in [1.54, 1.807) is 0 Å². The Labute approximate surface area is 82.1 Å². The summed E-state index contributed by atoms with van der Waals surface area (Å²) < 4.78 is 4.82. The zero-order chi connectivity index (χ0) is 9.14. The first-order valence-corrected chi connectivity index (χ1v) is 4.22. The van der Waals surface area contributed by atoms with Crippen molar-refractivity contribution < 1.29 is 9.32 Å². The normalized spacial score (nSPS) is 9.58. The van der Waals surface area contributed by atoms with Gasteiger partial charge >= 0.3 is 0 Å². The molecule has 1 aromatic carbocycles. The van der Waals surface area contributed by atoms with E-state index in [9.17, 15) is 4.79 Å². The first kappa shape index (κ1) is 9.79. The molecule has 0 fully saturated rings. The van der Waals surface area contributed by atoms with Gasteiger partial charge in [0.1, 0.15) is 0 Å². The summed E-state index contributed by atoms with van der Waals surface area (Å²) in [6, 6.07) is 3.00. The Morgan fingerprint density at radius 1 is 1.42 bits per heavy atom. The van der Waals surface area contributed by atoms with Gasteiger partial charge in [0, 0.05) is 5.02 Å². The monoisotopic (exact) mass is 222 g/mol. The van der Waals surface area contributed by atoms with Gasteiger partial charge < -0.3 is 4.52 Å². The van der Waals surface area contributed by atoms with Crippen LogP contribution in [0, 0.1) is 0 Å². The maximum atomic E-state index is 10.5. The Balaban J connectivity index is 3.33. The molecule has 0 bridgehead atoms. The second kappa shape index (κ2) is 4.08. The van der Waals surface area contributed by atoms with Gasteiger partial charge in [-0.25, -0.2) is 0 Å². The van der Waals surface area contributed by atoms with Crippen molar-refractivity contribution >= 4 is 39.0 Å². The lowest BCUT2D eigenvalue weighted by atomic mass is 10.2. The molecule has 12 heavy (non-hydrogen) atoms. The van der Waals surface area contributed by atoms with Crippen LogP contribution in [0.5, 0.6) is 5.75 Å². The summed E-state index contributed by atoms with van der Waals surface area (Å²) in [5.74, 6) is 0.320. The Morgan fingerprint density at radius 2 is 2.08 bits per heavy atom. The van der Waals surface area contributed by atoms with E-state index in [-0.39, 0.29) is 0 Å². The molecule has 5 heteroatoms. The molecule has 0 aliphatic rings. The van der Waals surface area contributed by atoms with Crippen molar-refractivity contribution in [1.29, 1.82) is 0 Å². The minimum atomic E-state index is 0.319. The zero-order valence-corrected chi connectivity index (χ0v) is 8.55. The maximum Gasteiger partial charge on any atom is 0.153 e. The second-order valence-corrected chi connectivity index (χ2v) is 3.12. The maximum absolute atomic E-state index is 10.5. The Bertz CT molecular complexity index is 315. The molecule has 0 saturated carbocycles. The van der Waals surface area contributed by atoms with Crippen LogP contribution in [0.3, 0.4) is 0 Å². The summed E-state index contributed by atoms with van der Waals surface area (Å²) in [4.78, 5) is 10.5. The van der Waals surface area contributed by atoms with E-state index in [1.165, 1.54) is 12.1 Å². The van der Waals surface area contributed by atoms with Gasteiger partial charge in [0.25, 0.3) is 0 Å². The topological polar surface area (TPSA) is 26.3 Å². The van der Waals surface area contributed by atoms with Crippen LogP contribution >= 0.6 is 32.7 Å². The first-order valence-electron chi connectivity index (χ1n) is 3.00. The van der Waals surface area contributed by atoms with E-state index < -0.39 is 0 Å². The van der Waals surface area contributed by atoms with Crippen LogP contribution in [0.2, 0.25) is 10.0 Å². The highest BCUT2D eigenvalue weighted by atomic mass is 35.5. The van der Waals surface area contributed by atoms with Gasteiger partial charge in [-0.2, -0.15) is 0 Å². The number of carbonyl (C=O) groups is 1. The molecule has 1 unspecified atom stereocenters. The van der Waals surface area contributed by atoms with E-state index in [2.05, 4.69) is 0 Å². The predicted octanol–water partition coefficient (Wildman–Crippen LogP) is 2.97. The van der Waals surface area contributed by atoms with Gasteiger partial charge in [0.05, 0.1) is 20.1 Å². The van der Waals surface area contributed by atoms with Crippen LogP contribution in [0.25, 0.3) is 0 Å². The molecule has 0 aromatic heterocycles. The summed E-state index contributed by atoms with van der Waals surface area (Å²) in [6.45, 7) is 0. The van der Waals surface area contributed by atoms with Gasteiger partial charge in [-0.15, -0.1) is 0 Å². The number of rotatable bonds is 2. The molecule has 0 radical (unpaired) electrons. The second-order valence-electron chi connectivity index (χ2n) is 2.04. The largest absolute Gasteiger partial charge is 0.478 e. The third-order valence-corrected chi connectivity index (χ3v) is 2.02. The van der Waals surface area contributed by atoms with Gasteiger partial charge in [0.2, 0.25) is 0 Å². The van der Waals surface area contributed by atoms with Crippen molar-refractivity contribution in [3.05, 3.63) is 27.7 Å². The summed E-state index contributed by atoms with van der Waals surface area (Å²) >= 11 is 11.4. The zero-order valence-electron chi connectivity index (χ0n) is 5.88. The highest BCUT2D eigenvalue weighted by molar-refractivity contribution is 7.10. The molecule has 0 aliphatic heterocycles. The lowest BCUT2D eigenvalue weighted by Crippen LogP contribution is -1.86. The van der Waals surface area contributed by atoms with E-state index in [0.29, 0.717) is 27.6 Å². The highest BCUT2D eigenvalue weighted by Crippen LogP contribution is 2.32. The molecule has 0 spiro atoms. The van der Waals surface area contributed by atoms with E-state index >= 15 is 0 Å². The summed E-state index contributed by atoms with van der Waals surface area (Å²) in [5, 5.41) is 0.729. The van der Waals surface area contributed by atoms with E-state index in [4.69, 9.17) is 27.7 Å². The van der Waals surface area contributed by atoms with Crippen LogP contribution < -0.4 is 4.52 Å². The van der Waals surface area contributed by atoms with Crippen LogP contribution in [0.1, 0.15) is 10.4 Å². The minimum Gasteiger partial charge on any atom is -0.478 e. The van der Waals surface area contributed by atoms with Crippen LogP contribution in [0.4, 0.5) is 0 Å². The average molecular weight is 223 g/mol. The molecular weight excluding hydrogens is 218 g/mol. The van der Waals surface area contributed by atoms with Crippen LogP contribution in [0.15, 0.2) is 12.1 Å². The molecule has 1 aromatic rings. The molecule has 0 amide bonds. The Morgan fingerprint density at radius 3 is 2.58 bits per heavy atom. The molecular formula is C7H5Cl2O2P. The summed E-state index contributed by atoms with van der Waals surface area (Å²) in [6.07, 6.45) is 0.636. The van der Waals surface area contributed by atoms with Crippen molar-refractivity contribution in [2.75, 3.05) is 0 Å². The minimum absolute atomic E-state index is 0.319. The molecule has 1 atom stereocenters. The molecule has 0 N–H and O–H groups in total. The lowest BCUT2D eigenvalue weighted by Gasteiger charge is -2.05. The Kier molecular flexibility index (Phi) is 3.33. The number of aldehydes is 1. The van der Waals surface area contributed by atoms with Gasteiger partial charge in [-0.1, -0.05) is 23.2 Å². The fraction of sp³-hybridized carbons (Fsp3) is 0. The van der Waals surface area contributed by atoms with Gasteiger partial charge in [-0.05, 0) is 12.1 Å². The molecule has 64 valence electrons. The molecule has 1 rings (SSSR count). The third-order valence-electron chi connectivity index (χ3n) is 1.28. The smallest absolute Gasteiger partial charge is 0.153 e. The van der Waals surface area contributed by atoms with Crippen molar-refractivity contribution in [3.63, 3.8) is 0 Å². The third kappa shape index (κ3) is 1.89. The van der Waals surface area contributed by atoms with Crippen molar-refractivity contribution in [1.82, 2.24) is 0 Å². The number of hydrogen-bond donors (Lipinski definition) is 0. The molecule has 2 nitrogen and oxygen atoms in total. The Hall–Kier alpha value is -0.300. The predicted molar refractivity (Wildman–Crippen MR) is 52.2 cm³/mol. The molecule has 0 saturated heterocycles. The van der Waals surface area contributed by atoms with Crippen molar-refractivity contribution in [2.45, 2.75) is 0 Å². The lowest BCUT2D eigenvalue weighted by molar-refractivity contribution is 0.112. The standard InChI is InChI=1S/C7H5Cl2O2P/c8-5-1-4(3-10)7(11-12)6(9)2-5/h1-3H,12H2.